The summed E-state index contributed by atoms with van der Waals surface area (Å²) in [4.78, 5) is 12.5. The number of hydrogen-bond acceptors (Lipinski definition) is 10. The van der Waals surface area contributed by atoms with Crippen LogP contribution in [0.4, 0.5) is 5.82 Å². The number of phenolic OH excluding ortho intramolecular Hbond substituents is 1. The van der Waals surface area contributed by atoms with Gasteiger partial charge in [-0.3, -0.25) is 4.57 Å². The van der Waals surface area contributed by atoms with E-state index in [1.165, 1.54) is 10.9 Å². The normalized spacial score (nSPS) is 24.2. The SMILES string of the molecule is Nc1nc(OCCc2ccc(O)cc2)nc2c1ncn2[C@@H]1O[C@H](CO)[C@@H](O)[C@H]1O. The van der Waals surface area contributed by atoms with Crippen LogP contribution in [-0.4, -0.2) is 71.5 Å². The van der Waals surface area contributed by atoms with Gasteiger partial charge in [0.05, 0.1) is 19.5 Å². The van der Waals surface area contributed by atoms with Crippen LogP contribution in [0.2, 0.25) is 0 Å². The molecule has 1 fully saturated rings. The molecule has 0 radical (unpaired) electrons. The number of aromatic nitrogens is 4. The summed E-state index contributed by atoms with van der Waals surface area (Å²) in [5, 5.41) is 38.8. The van der Waals surface area contributed by atoms with Crippen molar-refractivity contribution in [2.24, 2.45) is 0 Å². The predicted octanol–water partition coefficient (Wildman–Crippen LogP) is -0.653. The summed E-state index contributed by atoms with van der Waals surface area (Å²) >= 11 is 0. The van der Waals surface area contributed by atoms with Gasteiger partial charge in [0.1, 0.15) is 24.1 Å². The van der Waals surface area contributed by atoms with Crippen molar-refractivity contribution in [1.29, 1.82) is 0 Å². The second-order valence-corrected chi connectivity index (χ2v) is 6.71. The van der Waals surface area contributed by atoms with Crippen molar-refractivity contribution < 1.29 is 29.9 Å². The summed E-state index contributed by atoms with van der Waals surface area (Å²) in [6, 6.07) is 6.79. The Morgan fingerprint density at radius 2 is 1.90 bits per heavy atom. The number of aromatic hydroxyl groups is 1. The number of phenols is 1. The van der Waals surface area contributed by atoms with Gasteiger partial charge < -0.3 is 35.6 Å². The highest BCUT2D eigenvalue weighted by Gasteiger charge is 2.44. The highest BCUT2D eigenvalue weighted by atomic mass is 16.6. The average Bonchev–Trinajstić information content (AvgIpc) is 3.25. The zero-order valence-electron chi connectivity index (χ0n) is 15.3. The zero-order chi connectivity index (χ0) is 20.5. The monoisotopic (exact) mass is 403 g/mol. The van der Waals surface area contributed by atoms with Gasteiger partial charge in [0, 0.05) is 6.42 Å². The van der Waals surface area contributed by atoms with Gasteiger partial charge in [0.2, 0.25) is 0 Å². The summed E-state index contributed by atoms with van der Waals surface area (Å²) in [6.07, 6.45) is -2.51. The Hall–Kier alpha value is -2.99. The maximum atomic E-state index is 10.3. The second kappa shape index (κ2) is 7.79. The minimum Gasteiger partial charge on any atom is -0.508 e. The number of nitrogens with two attached hydrogens (primary N) is 1. The van der Waals surface area contributed by atoms with Crippen molar-refractivity contribution in [3.8, 4) is 11.8 Å². The van der Waals surface area contributed by atoms with Gasteiger partial charge in [0.15, 0.2) is 23.2 Å². The Bertz CT molecular complexity index is 994. The van der Waals surface area contributed by atoms with Crippen LogP contribution in [0.25, 0.3) is 11.2 Å². The van der Waals surface area contributed by atoms with Crippen LogP contribution in [0.3, 0.4) is 0 Å². The molecule has 0 spiro atoms. The van der Waals surface area contributed by atoms with E-state index in [0.717, 1.165) is 5.56 Å². The van der Waals surface area contributed by atoms with E-state index in [2.05, 4.69) is 15.0 Å². The van der Waals surface area contributed by atoms with Crippen LogP contribution in [-0.2, 0) is 11.2 Å². The fourth-order valence-electron chi connectivity index (χ4n) is 3.20. The van der Waals surface area contributed by atoms with Crippen LogP contribution in [0, 0.1) is 0 Å². The van der Waals surface area contributed by atoms with Crippen molar-refractivity contribution in [3.05, 3.63) is 36.2 Å². The number of aliphatic hydroxyl groups excluding tert-OH is 3. The topological polar surface area (TPSA) is 169 Å². The molecule has 6 N–H and O–H groups in total. The molecule has 1 aliphatic rings. The van der Waals surface area contributed by atoms with Crippen molar-refractivity contribution in [2.75, 3.05) is 18.9 Å². The Morgan fingerprint density at radius 3 is 2.59 bits per heavy atom. The first-order valence-corrected chi connectivity index (χ1v) is 9.01. The lowest BCUT2D eigenvalue weighted by Crippen LogP contribution is -2.33. The molecule has 4 rings (SSSR count). The summed E-state index contributed by atoms with van der Waals surface area (Å²) in [5.41, 5.74) is 7.49. The molecule has 29 heavy (non-hydrogen) atoms. The number of fused-ring (bicyclic) bond motifs is 1. The molecule has 2 aromatic heterocycles. The smallest absolute Gasteiger partial charge is 0.320 e. The molecular weight excluding hydrogens is 382 g/mol. The number of imidazole rings is 1. The van der Waals surface area contributed by atoms with E-state index in [-0.39, 0.29) is 29.8 Å². The minimum absolute atomic E-state index is 0.0299. The highest BCUT2D eigenvalue weighted by molar-refractivity contribution is 5.82. The molecular formula is C18H21N5O6. The Balaban J connectivity index is 1.54. The van der Waals surface area contributed by atoms with Crippen LogP contribution in [0.15, 0.2) is 30.6 Å². The van der Waals surface area contributed by atoms with E-state index < -0.39 is 31.1 Å². The van der Waals surface area contributed by atoms with Crippen molar-refractivity contribution >= 4 is 17.0 Å². The number of ether oxygens (including phenoxy) is 2. The zero-order valence-corrected chi connectivity index (χ0v) is 15.3. The predicted molar refractivity (Wildman–Crippen MR) is 100 cm³/mol. The summed E-state index contributed by atoms with van der Waals surface area (Å²) in [7, 11) is 0. The van der Waals surface area contributed by atoms with Gasteiger partial charge in [-0.25, -0.2) is 4.98 Å². The van der Waals surface area contributed by atoms with E-state index in [4.69, 9.17) is 15.2 Å². The van der Waals surface area contributed by atoms with E-state index in [1.807, 2.05) is 0 Å². The fraction of sp³-hybridized carbons (Fsp3) is 0.389. The molecule has 11 heteroatoms. The molecule has 0 saturated carbocycles. The molecule has 11 nitrogen and oxygen atoms in total. The van der Waals surface area contributed by atoms with Crippen LogP contribution in [0.5, 0.6) is 11.8 Å². The summed E-state index contributed by atoms with van der Waals surface area (Å²) in [5.74, 6) is 0.287. The molecule has 0 unspecified atom stereocenters. The third kappa shape index (κ3) is 3.68. The number of nitrogen functional groups attached to an aromatic ring is 1. The van der Waals surface area contributed by atoms with E-state index in [9.17, 15) is 20.4 Å². The highest BCUT2D eigenvalue weighted by Crippen LogP contribution is 2.32. The van der Waals surface area contributed by atoms with E-state index in [1.54, 1.807) is 24.3 Å². The average molecular weight is 403 g/mol. The van der Waals surface area contributed by atoms with Crippen LogP contribution < -0.4 is 10.5 Å². The number of aliphatic hydroxyl groups is 3. The van der Waals surface area contributed by atoms with Gasteiger partial charge in [-0.1, -0.05) is 12.1 Å². The third-order valence-corrected chi connectivity index (χ3v) is 4.78. The van der Waals surface area contributed by atoms with E-state index >= 15 is 0 Å². The number of hydrogen-bond donors (Lipinski definition) is 5. The lowest BCUT2D eigenvalue weighted by molar-refractivity contribution is -0.0511. The van der Waals surface area contributed by atoms with Gasteiger partial charge in [0.25, 0.3) is 0 Å². The van der Waals surface area contributed by atoms with Crippen LogP contribution in [0.1, 0.15) is 11.8 Å². The first kappa shape index (κ1) is 19.3. The van der Waals surface area contributed by atoms with Crippen molar-refractivity contribution in [2.45, 2.75) is 31.0 Å². The second-order valence-electron chi connectivity index (χ2n) is 6.71. The first-order valence-electron chi connectivity index (χ1n) is 9.01. The molecule has 1 aliphatic heterocycles. The van der Waals surface area contributed by atoms with E-state index in [0.29, 0.717) is 11.9 Å². The Kier molecular flexibility index (Phi) is 5.20. The number of nitrogens with zero attached hydrogens (tertiary/aromatic N) is 4. The van der Waals surface area contributed by atoms with Gasteiger partial charge in [-0.2, -0.15) is 9.97 Å². The molecule has 3 heterocycles. The maximum Gasteiger partial charge on any atom is 0.320 e. The lowest BCUT2D eigenvalue weighted by atomic mass is 10.1. The standard InChI is InChI=1S/C18H21N5O6/c19-15-12-16(23(8-20-12)17-14(27)13(26)11(7-24)29-17)22-18(21-15)28-6-5-9-1-3-10(25)4-2-9/h1-4,8,11,13-14,17,24-27H,5-7H2,(H2,19,21,22)/t11-,13-,14-,17-/m1/s1. The summed E-state index contributed by atoms with van der Waals surface area (Å²) in [6.45, 7) is -0.165. The molecule has 1 aromatic carbocycles. The largest absolute Gasteiger partial charge is 0.508 e. The molecule has 154 valence electrons. The fourth-order valence-corrected chi connectivity index (χ4v) is 3.20. The molecule has 3 aromatic rings. The first-order chi connectivity index (χ1) is 14.0. The Morgan fingerprint density at radius 1 is 1.14 bits per heavy atom. The third-order valence-electron chi connectivity index (χ3n) is 4.78. The minimum atomic E-state index is -1.28. The molecule has 0 bridgehead atoms. The van der Waals surface area contributed by atoms with Crippen LogP contribution >= 0.6 is 0 Å². The number of rotatable bonds is 6. The van der Waals surface area contributed by atoms with Gasteiger partial charge >= 0.3 is 6.01 Å². The van der Waals surface area contributed by atoms with Gasteiger partial charge in [-0.15, -0.1) is 0 Å². The summed E-state index contributed by atoms with van der Waals surface area (Å²) < 4.78 is 12.6. The van der Waals surface area contributed by atoms with Crippen molar-refractivity contribution in [1.82, 2.24) is 19.5 Å². The lowest BCUT2D eigenvalue weighted by Gasteiger charge is -2.16. The van der Waals surface area contributed by atoms with Gasteiger partial charge in [-0.05, 0) is 17.7 Å². The maximum absolute atomic E-state index is 10.3. The van der Waals surface area contributed by atoms with Crippen molar-refractivity contribution in [3.63, 3.8) is 0 Å². The molecule has 4 atom stereocenters. The number of benzene rings is 1. The number of anilines is 1. The quantitative estimate of drug-likeness (QED) is 0.356. The molecule has 1 saturated heterocycles. The molecule has 0 aliphatic carbocycles. The Labute approximate surface area is 165 Å². The molecule has 0 amide bonds.